The Kier molecular flexibility index (Phi) is 8.34. The Hall–Kier alpha value is -2.33. The van der Waals surface area contributed by atoms with Gasteiger partial charge in [-0.3, -0.25) is 9.59 Å². The van der Waals surface area contributed by atoms with Crippen LogP contribution in [-0.4, -0.2) is 47.5 Å². The minimum atomic E-state index is -0.568. The molecule has 146 valence electrons. The molecule has 0 fully saturated rings. The van der Waals surface area contributed by atoms with Crippen molar-refractivity contribution in [2.45, 2.75) is 30.6 Å². The SMILES string of the molecule is CCCNC(=O)[C@H](C)NC(=O)CSc1nnc(Nc2ccccc2OC)s1. The van der Waals surface area contributed by atoms with Crippen LogP contribution in [0, 0.1) is 0 Å². The summed E-state index contributed by atoms with van der Waals surface area (Å²) in [6.45, 7) is 4.23. The van der Waals surface area contributed by atoms with Crippen LogP contribution in [0.2, 0.25) is 0 Å². The molecule has 1 heterocycles. The van der Waals surface area contributed by atoms with Crippen molar-refractivity contribution in [1.29, 1.82) is 0 Å². The van der Waals surface area contributed by atoms with E-state index in [1.165, 1.54) is 23.1 Å². The van der Waals surface area contributed by atoms with E-state index in [9.17, 15) is 9.59 Å². The summed E-state index contributed by atoms with van der Waals surface area (Å²) in [5, 5.41) is 17.3. The van der Waals surface area contributed by atoms with E-state index in [4.69, 9.17) is 4.74 Å². The Morgan fingerprint density at radius 1 is 1.30 bits per heavy atom. The Morgan fingerprint density at radius 3 is 2.81 bits per heavy atom. The van der Waals surface area contributed by atoms with Gasteiger partial charge < -0.3 is 20.7 Å². The molecule has 0 bridgehead atoms. The summed E-state index contributed by atoms with van der Waals surface area (Å²) in [4.78, 5) is 23.8. The number of amides is 2. The molecular formula is C17H23N5O3S2. The summed E-state index contributed by atoms with van der Waals surface area (Å²) < 4.78 is 5.95. The normalized spacial score (nSPS) is 11.5. The van der Waals surface area contributed by atoms with Crippen LogP contribution >= 0.6 is 23.1 Å². The Balaban J connectivity index is 1.82. The minimum Gasteiger partial charge on any atom is -0.495 e. The largest absolute Gasteiger partial charge is 0.495 e. The van der Waals surface area contributed by atoms with Gasteiger partial charge in [-0.05, 0) is 25.5 Å². The molecule has 1 aromatic heterocycles. The molecule has 0 aliphatic rings. The molecule has 2 rings (SSSR count). The van der Waals surface area contributed by atoms with Gasteiger partial charge in [0.05, 0.1) is 18.6 Å². The number of rotatable bonds is 10. The number of benzene rings is 1. The first-order chi connectivity index (χ1) is 13.0. The van der Waals surface area contributed by atoms with E-state index in [2.05, 4.69) is 26.1 Å². The molecule has 1 aromatic carbocycles. The molecule has 0 unspecified atom stereocenters. The third kappa shape index (κ3) is 6.72. The van der Waals surface area contributed by atoms with Crippen LogP contribution < -0.4 is 20.7 Å². The lowest BCUT2D eigenvalue weighted by molar-refractivity contribution is -0.127. The maximum absolute atomic E-state index is 12.0. The smallest absolute Gasteiger partial charge is 0.242 e. The molecule has 1 atom stereocenters. The number of nitrogens with zero attached hydrogens (tertiary/aromatic N) is 2. The van der Waals surface area contributed by atoms with Crippen molar-refractivity contribution in [3.8, 4) is 5.75 Å². The standard InChI is InChI=1S/C17H23N5O3S2/c1-4-9-18-15(24)11(2)19-14(23)10-26-17-22-21-16(27-17)20-12-7-5-6-8-13(12)25-3/h5-8,11H,4,9-10H2,1-3H3,(H,18,24)(H,19,23)(H,20,21)/t11-/m0/s1. The molecule has 0 aliphatic carbocycles. The number of ether oxygens (including phenoxy) is 1. The van der Waals surface area contributed by atoms with Crippen molar-refractivity contribution in [2.75, 3.05) is 24.7 Å². The first-order valence-electron chi connectivity index (χ1n) is 8.47. The summed E-state index contributed by atoms with van der Waals surface area (Å²) in [6, 6.07) is 6.94. The van der Waals surface area contributed by atoms with Gasteiger partial charge in [-0.25, -0.2) is 0 Å². The third-order valence-corrected chi connectivity index (χ3v) is 5.37. The molecule has 0 aliphatic heterocycles. The minimum absolute atomic E-state index is 0.161. The van der Waals surface area contributed by atoms with Crippen LogP contribution in [-0.2, 0) is 9.59 Å². The van der Waals surface area contributed by atoms with E-state index in [0.29, 0.717) is 21.8 Å². The fraction of sp³-hybridized carbons (Fsp3) is 0.412. The highest BCUT2D eigenvalue weighted by molar-refractivity contribution is 8.01. The monoisotopic (exact) mass is 409 g/mol. The van der Waals surface area contributed by atoms with Gasteiger partial charge in [-0.1, -0.05) is 42.2 Å². The summed E-state index contributed by atoms with van der Waals surface area (Å²) >= 11 is 2.61. The van der Waals surface area contributed by atoms with Crippen molar-refractivity contribution >= 4 is 45.7 Å². The highest BCUT2D eigenvalue weighted by Gasteiger charge is 2.16. The zero-order valence-corrected chi connectivity index (χ0v) is 17.1. The summed E-state index contributed by atoms with van der Waals surface area (Å²) in [7, 11) is 1.60. The first kappa shape index (κ1) is 21.0. The zero-order valence-electron chi connectivity index (χ0n) is 15.4. The third-order valence-electron chi connectivity index (χ3n) is 3.40. The van der Waals surface area contributed by atoms with Gasteiger partial charge in [0.1, 0.15) is 11.8 Å². The van der Waals surface area contributed by atoms with Crippen LogP contribution in [0.5, 0.6) is 5.75 Å². The summed E-state index contributed by atoms with van der Waals surface area (Å²) in [6.07, 6.45) is 0.852. The predicted octanol–water partition coefficient (Wildman–Crippen LogP) is 2.41. The highest BCUT2D eigenvalue weighted by Crippen LogP contribution is 2.31. The topological polar surface area (TPSA) is 105 Å². The summed E-state index contributed by atoms with van der Waals surface area (Å²) in [5.74, 6) is 0.453. The molecule has 27 heavy (non-hydrogen) atoms. The van der Waals surface area contributed by atoms with E-state index in [1.54, 1.807) is 14.0 Å². The first-order valence-corrected chi connectivity index (χ1v) is 10.3. The highest BCUT2D eigenvalue weighted by atomic mass is 32.2. The maximum atomic E-state index is 12.0. The van der Waals surface area contributed by atoms with Gasteiger partial charge in [0.25, 0.3) is 0 Å². The number of carbonyl (C=O) groups excluding carboxylic acids is 2. The molecule has 2 amide bonds. The molecule has 0 radical (unpaired) electrons. The summed E-state index contributed by atoms with van der Waals surface area (Å²) in [5.41, 5.74) is 0.789. The van der Waals surface area contributed by atoms with Crippen molar-refractivity contribution in [3.05, 3.63) is 24.3 Å². The average Bonchev–Trinajstić information content (AvgIpc) is 3.12. The van der Waals surface area contributed by atoms with Crippen molar-refractivity contribution in [2.24, 2.45) is 0 Å². The molecule has 0 saturated carbocycles. The molecule has 8 nitrogen and oxygen atoms in total. The van der Waals surface area contributed by atoms with Crippen molar-refractivity contribution < 1.29 is 14.3 Å². The molecule has 3 N–H and O–H groups in total. The number of para-hydroxylation sites is 2. The fourth-order valence-electron chi connectivity index (χ4n) is 2.06. The quantitative estimate of drug-likeness (QED) is 0.518. The van der Waals surface area contributed by atoms with E-state index < -0.39 is 6.04 Å². The molecule has 0 saturated heterocycles. The molecule has 2 aromatic rings. The van der Waals surface area contributed by atoms with Gasteiger partial charge in [-0.15, -0.1) is 10.2 Å². The maximum Gasteiger partial charge on any atom is 0.242 e. The lowest BCUT2D eigenvalue weighted by Gasteiger charge is -2.13. The van der Waals surface area contributed by atoms with Crippen LogP contribution in [0.4, 0.5) is 10.8 Å². The van der Waals surface area contributed by atoms with Gasteiger partial charge in [0.2, 0.25) is 16.9 Å². The predicted molar refractivity (Wildman–Crippen MR) is 108 cm³/mol. The van der Waals surface area contributed by atoms with Crippen LogP contribution in [0.15, 0.2) is 28.6 Å². The van der Waals surface area contributed by atoms with Gasteiger partial charge in [0.15, 0.2) is 4.34 Å². The van der Waals surface area contributed by atoms with E-state index in [-0.39, 0.29) is 17.6 Å². The lowest BCUT2D eigenvalue weighted by Crippen LogP contribution is -2.45. The Bertz CT molecular complexity index is 769. The number of aromatic nitrogens is 2. The van der Waals surface area contributed by atoms with Crippen LogP contribution in [0.3, 0.4) is 0 Å². The zero-order chi connectivity index (χ0) is 19.6. The average molecular weight is 410 g/mol. The van der Waals surface area contributed by atoms with Crippen molar-refractivity contribution in [1.82, 2.24) is 20.8 Å². The molecule has 10 heteroatoms. The number of nitrogens with one attached hydrogen (secondary N) is 3. The van der Waals surface area contributed by atoms with Gasteiger partial charge in [0, 0.05) is 6.54 Å². The fourth-order valence-corrected chi connectivity index (χ4v) is 3.63. The van der Waals surface area contributed by atoms with E-state index >= 15 is 0 Å². The van der Waals surface area contributed by atoms with Gasteiger partial charge >= 0.3 is 0 Å². The Labute approximate surface area is 166 Å². The number of carbonyl (C=O) groups is 2. The second-order valence-electron chi connectivity index (χ2n) is 5.57. The van der Waals surface area contributed by atoms with E-state index in [1.807, 2.05) is 31.2 Å². The Morgan fingerprint density at radius 2 is 2.07 bits per heavy atom. The number of hydrogen-bond acceptors (Lipinski definition) is 8. The lowest BCUT2D eigenvalue weighted by atomic mass is 10.3. The number of methoxy groups -OCH3 is 1. The number of thioether (sulfide) groups is 1. The van der Waals surface area contributed by atoms with E-state index in [0.717, 1.165) is 12.1 Å². The number of anilines is 2. The second-order valence-corrected chi connectivity index (χ2v) is 7.77. The second kappa shape index (κ2) is 10.7. The van der Waals surface area contributed by atoms with Gasteiger partial charge in [-0.2, -0.15) is 0 Å². The van der Waals surface area contributed by atoms with Crippen LogP contribution in [0.1, 0.15) is 20.3 Å². The molecule has 0 spiro atoms. The van der Waals surface area contributed by atoms with Crippen LogP contribution in [0.25, 0.3) is 0 Å². The molecular weight excluding hydrogens is 386 g/mol. The number of hydrogen-bond donors (Lipinski definition) is 3. The van der Waals surface area contributed by atoms with Crippen molar-refractivity contribution in [3.63, 3.8) is 0 Å².